The summed E-state index contributed by atoms with van der Waals surface area (Å²) in [6, 6.07) is 8.11. The Balaban J connectivity index is 1.77. The van der Waals surface area contributed by atoms with E-state index in [0.717, 1.165) is 41.9 Å². The van der Waals surface area contributed by atoms with E-state index in [0.29, 0.717) is 10.8 Å². The fourth-order valence-corrected chi connectivity index (χ4v) is 5.02. The average molecular weight is 385 g/mol. The van der Waals surface area contributed by atoms with Crippen LogP contribution in [0.1, 0.15) is 40.7 Å². The van der Waals surface area contributed by atoms with Crippen LogP contribution in [0.4, 0.5) is 0 Å². The molecule has 0 spiro atoms. The Kier molecular flexibility index (Phi) is 4.61. The van der Waals surface area contributed by atoms with Gasteiger partial charge in [-0.05, 0) is 50.9 Å². The minimum atomic E-state index is -0.223. The van der Waals surface area contributed by atoms with E-state index in [2.05, 4.69) is 34.0 Å². The molecule has 0 saturated carbocycles. The number of nitrogens with zero attached hydrogens (tertiary/aromatic N) is 4. The number of hydrogen-bond donors (Lipinski definition) is 2. The van der Waals surface area contributed by atoms with E-state index in [1.54, 1.807) is 0 Å². The van der Waals surface area contributed by atoms with Crippen LogP contribution in [-0.4, -0.2) is 43.6 Å². The van der Waals surface area contributed by atoms with E-state index in [9.17, 15) is 9.90 Å². The maximum Gasteiger partial charge on any atom is 0.230 e. The van der Waals surface area contributed by atoms with Crippen molar-refractivity contribution >= 4 is 22.2 Å². The van der Waals surface area contributed by atoms with Gasteiger partial charge in [-0.15, -0.1) is 5.10 Å². The molecule has 0 radical (unpaired) electrons. The fourth-order valence-electron chi connectivity index (χ4n) is 3.87. The van der Waals surface area contributed by atoms with E-state index in [1.807, 2.05) is 19.1 Å². The highest BCUT2D eigenvalue weighted by molar-refractivity contribution is 7.17. The molecular weight excluding hydrogens is 362 g/mol. The van der Waals surface area contributed by atoms with Crippen LogP contribution in [0.5, 0.6) is 5.88 Å². The van der Waals surface area contributed by atoms with Gasteiger partial charge in [-0.1, -0.05) is 35.6 Å². The number of piperidine rings is 1. The Hall–Kier alpha value is -2.45. The zero-order valence-electron chi connectivity index (χ0n) is 15.4. The molecule has 0 unspecified atom stereocenters. The molecule has 27 heavy (non-hydrogen) atoms. The third kappa shape index (κ3) is 3.19. The third-order valence-electron chi connectivity index (χ3n) is 5.33. The quantitative estimate of drug-likeness (QED) is 0.719. The molecule has 1 aliphatic heterocycles. The van der Waals surface area contributed by atoms with Crippen molar-refractivity contribution in [2.45, 2.75) is 32.7 Å². The van der Waals surface area contributed by atoms with Crippen molar-refractivity contribution in [2.24, 2.45) is 11.7 Å². The van der Waals surface area contributed by atoms with Gasteiger partial charge in [0.25, 0.3) is 0 Å². The molecule has 3 heterocycles. The maximum atomic E-state index is 11.5. The Morgan fingerprint density at radius 1 is 1.30 bits per heavy atom. The zero-order chi connectivity index (χ0) is 19.1. The van der Waals surface area contributed by atoms with Gasteiger partial charge in [0.2, 0.25) is 16.7 Å². The molecule has 142 valence electrons. The van der Waals surface area contributed by atoms with Crippen LogP contribution in [0.2, 0.25) is 0 Å². The van der Waals surface area contributed by atoms with E-state index >= 15 is 0 Å². The van der Waals surface area contributed by atoms with Crippen molar-refractivity contribution in [2.75, 3.05) is 13.1 Å². The smallest absolute Gasteiger partial charge is 0.230 e. The van der Waals surface area contributed by atoms with Crippen molar-refractivity contribution in [3.05, 3.63) is 46.1 Å². The van der Waals surface area contributed by atoms with E-state index in [4.69, 9.17) is 5.73 Å². The third-order valence-corrected chi connectivity index (χ3v) is 6.41. The predicted octanol–water partition coefficient (Wildman–Crippen LogP) is 2.40. The van der Waals surface area contributed by atoms with Crippen LogP contribution < -0.4 is 5.73 Å². The van der Waals surface area contributed by atoms with Crippen LogP contribution in [0.3, 0.4) is 0 Å². The number of primary amides is 1. The van der Waals surface area contributed by atoms with Crippen molar-refractivity contribution < 1.29 is 9.90 Å². The molecule has 7 nitrogen and oxygen atoms in total. The van der Waals surface area contributed by atoms with Gasteiger partial charge in [-0.2, -0.15) is 4.52 Å². The van der Waals surface area contributed by atoms with Crippen molar-refractivity contribution in [1.29, 1.82) is 0 Å². The number of nitrogens with two attached hydrogens (primary N) is 1. The summed E-state index contributed by atoms with van der Waals surface area (Å²) in [6.07, 6.45) is 1.47. The number of carbonyl (C=O) groups is 1. The molecule has 1 amide bonds. The number of hydrogen-bond acceptors (Lipinski definition) is 6. The molecule has 0 bridgehead atoms. The minimum absolute atomic E-state index is 0.0719. The molecule has 1 aliphatic rings. The summed E-state index contributed by atoms with van der Waals surface area (Å²) in [5.74, 6) is 0.482. The number of aromatic nitrogens is 3. The Morgan fingerprint density at radius 2 is 2.00 bits per heavy atom. The maximum absolute atomic E-state index is 11.5. The molecule has 3 N–H and O–H groups in total. The summed E-state index contributed by atoms with van der Waals surface area (Å²) in [4.78, 5) is 19.8. The molecule has 1 aromatic carbocycles. The molecule has 8 heteroatoms. The summed E-state index contributed by atoms with van der Waals surface area (Å²) >= 11 is 1.46. The second-order valence-electron chi connectivity index (χ2n) is 7.12. The molecule has 0 aliphatic carbocycles. The topological polar surface area (TPSA) is 96.8 Å². The van der Waals surface area contributed by atoms with Gasteiger partial charge in [0.05, 0.1) is 10.9 Å². The largest absolute Gasteiger partial charge is 0.492 e. The molecule has 3 aromatic rings. The van der Waals surface area contributed by atoms with Gasteiger partial charge in [0, 0.05) is 5.92 Å². The Bertz CT molecular complexity index is 987. The summed E-state index contributed by atoms with van der Waals surface area (Å²) in [6.45, 7) is 5.39. The Labute approximate surface area is 161 Å². The number of fused-ring (bicyclic) bond motifs is 1. The normalized spacial score (nSPS) is 17.4. The number of likely N-dealkylation sites (tertiary alicyclic amines) is 1. The minimum Gasteiger partial charge on any atom is -0.492 e. The number of aryl methyl sites for hydroxylation is 2. The molecule has 2 aromatic heterocycles. The summed E-state index contributed by atoms with van der Waals surface area (Å²) in [7, 11) is 0. The van der Waals surface area contributed by atoms with Crippen molar-refractivity contribution in [3.63, 3.8) is 0 Å². The van der Waals surface area contributed by atoms with Gasteiger partial charge in [-0.3, -0.25) is 9.69 Å². The molecule has 4 rings (SSSR count). The highest BCUT2D eigenvalue weighted by atomic mass is 32.1. The van der Waals surface area contributed by atoms with Crippen LogP contribution in [0.25, 0.3) is 4.96 Å². The first-order chi connectivity index (χ1) is 13.0. The monoisotopic (exact) mass is 385 g/mol. The highest BCUT2D eigenvalue weighted by Crippen LogP contribution is 2.42. The van der Waals surface area contributed by atoms with Crippen LogP contribution in [0, 0.1) is 19.8 Å². The van der Waals surface area contributed by atoms with Crippen molar-refractivity contribution in [3.8, 4) is 5.88 Å². The lowest BCUT2D eigenvalue weighted by atomic mass is 9.92. The second-order valence-corrected chi connectivity index (χ2v) is 8.12. The zero-order valence-corrected chi connectivity index (χ0v) is 16.2. The standard InChI is InChI=1S/C19H23N5O2S/c1-11-5-3-4-6-14(11)15(23-9-7-13(8-10-23)17(20)25)16-18(26)24-19(27-16)21-12(2)22-24/h3-6,13,15,26H,7-10H2,1-2H3,(H2,20,25)/t15-/m0/s1. The second kappa shape index (κ2) is 6.94. The molecular formula is C19H23N5O2S. The first-order valence-corrected chi connectivity index (χ1v) is 9.91. The number of amides is 1. The lowest BCUT2D eigenvalue weighted by Crippen LogP contribution is -2.40. The predicted molar refractivity (Wildman–Crippen MR) is 104 cm³/mol. The number of thiazole rings is 1. The van der Waals surface area contributed by atoms with Gasteiger partial charge in [0.1, 0.15) is 5.82 Å². The summed E-state index contributed by atoms with van der Waals surface area (Å²) in [5, 5.41) is 15.2. The van der Waals surface area contributed by atoms with Gasteiger partial charge < -0.3 is 10.8 Å². The number of rotatable bonds is 4. The number of benzene rings is 1. The summed E-state index contributed by atoms with van der Waals surface area (Å²) in [5.41, 5.74) is 7.80. The highest BCUT2D eigenvalue weighted by Gasteiger charge is 2.33. The van der Waals surface area contributed by atoms with Gasteiger partial charge >= 0.3 is 0 Å². The first kappa shape index (κ1) is 17.9. The van der Waals surface area contributed by atoms with Gasteiger partial charge in [-0.25, -0.2) is 4.98 Å². The SMILES string of the molecule is Cc1nc2sc([C@H](c3ccccc3C)N3CCC(C(N)=O)CC3)c(O)n2n1. The lowest BCUT2D eigenvalue weighted by molar-refractivity contribution is -0.123. The molecule has 1 atom stereocenters. The Morgan fingerprint density at radius 3 is 2.63 bits per heavy atom. The van der Waals surface area contributed by atoms with Crippen LogP contribution in [-0.2, 0) is 4.79 Å². The van der Waals surface area contributed by atoms with E-state index < -0.39 is 0 Å². The average Bonchev–Trinajstić information content (AvgIpc) is 3.15. The van der Waals surface area contributed by atoms with E-state index in [-0.39, 0.29) is 23.7 Å². The number of aromatic hydroxyl groups is 1. The lowest BCUT2D eigenvalue weighted by Gasteiger charge is -2.37. The molecule has 1 saturated heterocycles. The van der Waals surface area contributed by atoms with E-state index in [1.165, 1.54) is 15.9 Å². The summed E-state index contributed by atoms with van der Waals surface area (Å²) < 4.78 is 1.51. The van der Waals surface area contributed by atoms with Crippen LogP contribution in [0.15, 0.2) is 24.3 Å². The number of carbonyl (C=O) groups excluding carboxylic acids is 1. The van der Waals surface area contributed by atoms with Crippen LogP contribution >= 0.6 is 11.3 Å². The first-order valence-electron chi connectivity index (χ1n) is 9.09. The van der Waals surface area contributed by atoms with Crippen molar-refractivity contribution in [1.82, 2.24) is 19.5 Å². The molecule has 1 fully saturated rings. The fraction of sp³-hybridized carbons (Fsp3) is 0.421. The van der Waals surface area contributed by atoms with Gasteiger partial charge in [0.15, 0.2) is 0 Å².